The van der Waals surface area contributed by atoms with Gasteiger partial charge in [-0.05, 0) is 23.8 Å². The number of allylic oxidation sites excluding steroid dienone is 1. The van der Waals surface area contributed by atoms with Crippen LogP contribution in [0.15, 0.2) is 49.1 Å². The molecule has 1 aromatic heterocycles. The summed E-state index contributed by atoms with van der Waals surface area (Å²) in [5.41, 5.74) is 0.944. The third kappa shape index (κ3) is 2.81. The smallest absolute Gasteiger partial charge is 0.255 e. The van der Waals surface area contributed by atoms with E-state index in [1.807, 2.05) is 24.3 Å². The Morgan fingerprint density at radius 1 is 1.35 bits per heavy atom. The molecule has 0 saturated carbocycles. The van der Waals surface area contributed by atoms with E-state index in [0.717, 1.165) is 11.3 Å². The number of rotatable bonds is 3. The van der Waals surface area contributed by atoms with Gasteiger partial charge in [0.15, 0.2) is 0 Å². The highest BCUT2D eigenvalue weighted by atomic mass is 17.1. The predicted octanol–water partition coefficient (Wildman–Crippen LogP) is 2.25. The zero-order valence-electron chi connectivity index (χ0n) is 9.41. The number of benzene rings is 1. The van der Waals surface area contributed by atoms with Gasteiger partial charge >= 0.3 is 0 Å². The maximum absolute atomic E-state index is 11.6. The van der Waals surface area contributed by atoms with Crippen LogP contribution in [0, 0.1) is 0 Å². The molecule has 0 bridgehead atoms. The van der Waals surface area contributed by atoms with Crippen molar-refractivity contribution in [3.05, 3.63) is 54.6 Å². The molecule has 0 saturated heterocycles. The van der Waals surface area contributed by atoms with Gasteiger partial charge < -0.3 is 4.74 Å². The largest absolute Gasteiger partial charge is 0.497 e. The van der Waals surface area contributed by atoms with Gasteiger partial charge in [0.1, 0.15) is 12.1 Å². The van der Waals surface area contributed by atoms with Crippen LogP contribution in [0.2, 0.25) is 0 Å². The summed E-state index contributed by atoms with van der Waals surface area (Å²) in [6, 6.07) is 7.47. The van der Waals surface area contributed by atoms with Gasteiger partial charge in [-0.1, -0.05) is 12.1 Å². The van der Waals surface area contributed by atoms with Gasteiger partial charge in [0.25, 0.3) is 5.91 Å². The molecule has 1 heterocycles. The first-order valence-corrected chi connectivity index (χ1v) is 5.14. The van der Waals surface area contributed by atoms with Crippen molar-refractivity contribution in [2.75, 3.05) is 7.11 Å². The van der Waals surface area contributed by atoms with Crippen LogP contribution in [0.5, 0.6) is 5.75 Å². The van der Waals surface area contributed by atoms with E-state index in [1.54, 1.807) is 25.6 Å². The minimum atomic E-state index is -0.127. The van der Waals surface area contributed by atoms with Crippen LogP contribution >= 0.6 is 0 Å². The summed E-state index contributed by atoms with van der Waals surface area (Å²) in [6.45, 7) is 0. The second-order valence-corrected chi connectivity index (χ2v) is 3.41. The summed E-state index contributed by atoms with van der Waals surface area (Å²) in [7, 11) is 1.62. The highest BCUT2D eigenvalue weighted by molar-refractivity contribution is 5.93. The number of hydrogen-bond donors (Lipinski definition) is 0. The Hall–Kier alpha value is -2.36. The van der Waals surface area contributed by atoms with E-state index < -0.39 is 0 Å². The first kappa shape index (κ1) is 11.1. The van der Waals surface area contributed by atoms with Crippen molar-refractivity contribution in [1.82, 2.24) is 9.55 Å². The number of carbonyl (C=O) groups excluding carboxylic acids is 1. The van der Waals surface area contributed by atoms with E-state index in [-0.39, 0.29) is 5.91 Å². The van der Waals surface area contributed by atoms with Crippen molar-refractivity contribution >= 4 is 12.0 Å². The van der Waals surface area contributed by atoms with Gasteiger partial charge in [0.2, 0.25) is 0 Å². The molecule has 0 unspecified atom stereocenters. The normalized spacial score (nSPS) is 10.6. The molecule has 1 aromatic carbocycles. The second-order valence-electron chi connectivity index (χ2n) is 3.41. The molecule has 0 radical (unpaired) electrons. The van der Waals surface area contributed by atoms with Gasteiger partial charge in [-0.3, -0.25) is 9.36 Å². The molecule has 0 amide bonds. The lowest BCUT2D eigenvalue weighted by atomic mass is 10.2. The Morgan fingerprint density at radius 3 is 2.71 bits per heavy atom. The molecule has 2 rings (SSSR count). The van der Waals surface area contributed by atoms with Crippen molar-refractivity contribution < 1.29 is 9.53 Å². The van der Waals surface area contributed by atoms with Crippen molar-refractivity contribution in [1.29, 1.82) is 0 Å². The van der Waals surface area contributed by atoms with Gasteiger partial charge in [0.05, 0.1) is 7.11 Å². The summed E-state index contributed by atoms with van der Waals surface area (Å²) in [5.74, 6) is 0.668. The molecule has 86 valence electrons. The minimum absolute atomic E-state index is 0.127. The Bertz CT molecular complexity index is 513. The van der Waals surface area contributed by atoms with Crippen LogP contribution in [-0.2, 0) is 0 Å². The van der Waals surface area contributed by atoms with E-state index in [2.05, 4.69) is 4.98 Å². The number of ether oxygens (including phenoxy) is 1. The van der Waals surface area contributed by atoms with E-state index in [0.29, 0.717) is 0 Å². The zero-order valence-corrected chi connectivity index (χ0v) is 9.41. The molecule has 0 aliphatic carbocycles. The number of hydrogen-bond acceptors (Lipinski definition) is 3. The van der Waals surface area contributed by atoms with Crippen molar-refractivity contribution in [3.8, 4) is 5.75 Å². The molecule has 4 nitrogen and oxygen atoms in total. The minimum Gasteiger partial charge on any atom is -0.497 e. The molecule has 0 N–H and O–H groups in total. The molecule has 2 aromatic rings. The molecule has 0 aliphatic rings. The van der Waals surface area contributed by atoms with E-state index >= 15 is 0 Å². The zero-order chi connectivity index (χ0) is 12.1. The first-order valence-electron chi connectivity index (χ1n) is 5.14. The SMILES string of the molecule is COc1ccc(/C=C/C(=[17O])n2ccnc2)cc1. The standard InChI is InChI=1S/C13H12N2O2/c1-17-12-5-2-11(3-6-12)4-7-13(16)15-9-8-14-10-15/h2-10H,1H3/b7-4+/i16+1. The average molecular weight is 229 g/mol. The molecule has 17 heavy (non-hydrogen) atoms. The molecule has 0 aliphatic heterocycles. The van der Waals surface area contributed by atoms with Crippen LogP contribution in [0.3, 0.4) is 0 Å². The third-order valence-electron chi connectivity index (χ3n) is 2.29. The fourth-order valence-corrected chi connectivity index (χ4v) is 1.36. The number of imidazole rings is 1. The Morgan fingerprint density at radius 2 is 2.12 bits per heavy atom. The van der Waals surface area contributed by atoms with Crippen LogP contribution in [0.4, 0.5) is 0 Å². The molecule has 4 heteroatoms. The van der Waals surface area contributed by atoms with Crippen LogP contribution in [-0.4, -0.2) is 22.6 Å². The summed E-state index contributed by atoms with van der Waals surface area (Å²) in [5, 5.41) is 0. The van der Waals surface area contributed by atoms with Gasteiger partial charge in [-0.2, -0.15) is 0 Å². The molecule has 0 spiro atoms. The molecule has 0 fully saturated rings. The molecular formula is C13H12N2O2. The van der Waals surface area contributed by atoms with Crippen molar-refractivity contribution in [2.24, 2.45) is 0 Å². The van der Waals surface area contributed by atoms with Gasteiger partial charge in [-0.25, -0.2) is 4.98 Å². The summed E-state index contributed by atoms with van der Waals surface area (Å²) in [4.78, 5) is 15.4. The summed E-state index contributed by atoms with van der Waals surface area (Å²) in [6.07, 6.45) is 7.91. The summed E-state index contributed by atoms with van der Waals surface area (Å²) >= 11 is 0. The maximum atomic E-state index is 11.6. The highest BCUT2D eigenvalue weighted by Crippen LogP contribution is 2.12. The first-order chi connectivity index (χ1) is 8.29. The van der Waals surface area contributed by atoms with Gasteiger partial charge in [-0.15, -0.1) is 0 Å². The van der Waals surface area contributed by atoms with Crippen LogP contribution in [0.25, 0.3) is 6.08 Å². The number of methoxy groups -OCH3 is 1. The van der Waals surface area contributed by atoms with E-state index in [1.165, 1.54) is 17.0 Å². The lowest BCUT2D eigenvalue weighted by Crippen LogP contribution is -2.03. The second kappa shape index (κ2) is 5.12. The van der Waals surface area contributed by atoms with Gasteiger partial charge in [0, 0.05) is 18.5 Å². The highest BCUT2D eigenvalue weighted by Gasteiger charge is 1.97. The molecule has 0 atom stereocenters. The number of nitrogens with zero attached hydrogens (tertiary/aromatic N) is 2. The van der Waals surface area contributed by atoms with Crippen molar-refractivity contribution in [3.63, 3.8) is 0 Å². The Balaban J connectivity index is 2.07. The van der Waals surface area contributed by atoms with E-state index in [4.69, 9.17) is 4.74 Å². The lowest BCUT2D eigenvalue weighted by Gasteiger charge is -1.99. The van der Waals surface area contributed by atoms with Crippen molar-refractivity contribution in [2.45, 2.75) is 0 Å². The Labute approximate surface area is 99.2 Å². The predicted molar refractivity (Wildman–Crippen MR) is 64.9 cm³/mol. The Kier molecular flexibility index (Phi) is 3.35. The number of aromatic nitrogens is 2. The fourth-order valence-electron chi connectivity index (χ4n) is 1.36. The van der Waals surface area contributed by atoms with E-state index in [9.17, 15) is 4.79 Å². The monoisotopic (exact) mass is 229 g/mol. The molecular weight excluding hydrogens is 217 g/mol. The van der Waals surface area contributed by atoms with Crippen LogP contribution in [0.1, 0.15) is 10.4 Å². The lowest BCUT2D eigenvalue weighted by molar-refractivity contribution is 0.0969. The fraction of sp³-hybridized carbons (Fsp3) is 0.0769. The maximum Gasteiger partial charge on any atom is 0.255 e. The topological polar surface area (TPSA) is 44.1 Å². The third-order valence-corrected chi connectivity index (χ3v) is 2.29. The summed E-state index contributed by atoms with van der Waals surface area (Å²) < 4.78 is 6.47. The van der Waals surface area contributed by atoms with Crippen LogP contribution < -0.4 is 4.74 Å². The number of carbonyl (C=O) groups is 1. The average Bonchev–Trinajstić information content (AvgIpc) is 2.90. The quantitative estimate of drug-likeness (QED) is 0.758.